The molecule has 0 amide bonds. The van der Waals surface area contributed by atoms with Crippen LogP contribution in [-0.4, -0.2) is 48.7 Å². The largest absolute Gasteiger partial charge is 0.481 e. The Morgan fingerprint density at radius 3 is 2.45 bits per heavy atom. The molecule has 1 N–H and O–H groups in total. The van der Waals surface area contributed by atoms with Gasteiger partial charge < -0.3 is 10.0 Å². The van der Waals surface area contributed by atoms with Crippen LogP contribution in [0.15, 0.2) is 18.2 Å². The van der Waals surface area contributed by atoms with E-state index in [-0.39, 0.29) is 6.42 Å². The zero-order valence-electron chi connectivity index (χ0n) is 11.2. The average Bonchev–Trinajstić information content (AvgIpc) is 2.42. The minimum Gasteiger partial charge on any atom is -0.481 e. The standard InChI is InChI=1S/C14H18Cl2N2O2/c15-12-4-3-11(10-13(12)16)18-8-6-17(7-9-18)5-1-2-14(19)20/h3-4,10H,1-2,5-9H2,(H,19,20). The Kier molecular flexibility index (Phi) is 5.52. The molecule has 1 aromatic carbocycles. The van der Waals surface area contributed by atoms with Gasteiger partial charge >= 0.3 is 5.97 Å². The van der Waals surface area contributed by atoms with Gasteiger partial charge in [0.25, 0.3) is 0 Å². The Hall–Kier alpha value is -0.970. The Bertz CT molecular complexity index is 474. The van der Waals surface area contributed by atoms with Gasteiger partial charge in [-0.2, -0.15) is 0 Å². The summed E-state index contributed by atoms with van der Waals surface area (Å²) in [5.74, 6) is -0.723. The molecule has 0 spiro atoms. The van der Waals surface area contributed by atoms with E-state index in [1.54, 1.807) is 0 Å². The fourth-order valence-corrected chi connectivity index (χ4v) is 2.66. The van der Waals surface area contributed by atoms with Crippen molar-refractivity contribution in [2.24, 2.45) is 0 Å². The molecule has 1 saturated heterocycles. The molecule has 0 radical (unpaired) electrons. The number of anilines is 1. The maximum Gasteiger partial charge on any atom is 0.303 e. The molecule has 1 aliphatic rings. The number of carboxylic acids is 1. The summed E-state index contributed by atoms with van der Waals surface area (Å²) < 4.78 is 0. The number of hydrogen-bond acceptors (Lipinski definition) is 3. The third-order valence-electron chi connectivity index (χ3n) is 3.51. The quantitative estimate of drug-likeness (QED) is 0.907. The number of nitrogens with zero attached hydrogens (tertiary/aromatic N) is 2. The third kappa shape index (κ3) is 4.27. The predicted molar refractivity (Wildman–Crippen MR) is 82.0 cm³/mol. The summed E-state index contributed by atoms with van der Waals surface area (Å²) in [6.45, 7) is 4.58. The molecule has 1 fully saturated rings. The first-order valence-corrected chi connectivity index (χ1v) is 7.46. The topological polar surface area (TPSA) is 43.8 Å². The van der Waals surface area contributed by atoms with Crippen molar-refractivity contribution >= 4 is 34.9 Å². The van der Waals surface area contributed by atoms with Crippen LogP contribution in [0.3, 0.4) is 0 Å². The molecule has 0 bridgehead atoms. The lowest BCUT2D eigenvalue weighted by Crippen LogP contribution is -2.46. The van der Waals surface area contributed by atoms with Crippen LogP contribution < -0.4 is 4.90 Å². The van der Waals surface area contributed by atoms with Gasteiger partial charge in [0, 0.05) is 38.3 Å². The number of aliphatic carboxylic acids is 1. The molecule has 0 atom stereocenters. The smallest absolute Gasteiger partial charge is 0.303 e. The van der Waals surface area contributed by atoms with E-state index in [0.717, 1.165) is 38.4 Å². The lowest BCUT2D eigenvalue weighted by atomic mass is 10.2. The SMILES string of the molecule is O=C(O)CCCN1CCN(c2ccc(Cl)c(Cl)c2)CC1. The summed E-state index contributed by atoms with van der Waals surface area (Å²) in [7, 11) is 0. The first kappa shape index (κ1) is 15.4. The van der Waals surface area contributed by atoms with Crippen LogP contribution in [0.1, 0.15) is 12.8 Å². The Morgan fingerprint density at radius 2 is 1.85 bits per heavy atom. The lowest BCUT2D eigenvalue weighted by Gasteiger charge is -2.36. The molecule has 110 valence electrons. The highest BCUT2D eigenvalue weighted by atomic mass is 35.5. The van der Waals surface area contributed by atoms with Gasteiger partial charge in [-0.1, -0.05) is 23.2 Å². The predicted octanol–water partition coefficient (Wildman–Crippen LogP) is 2.98. The number of piperazine rings is 1. The van der Waals surface area contributed by atoms with Crippen molar-refractivity contribution in [2.45, 2.75) is 12.8 Å². The molecule has 1 heterocycles. The summed E-state index contributed by atoms with van der Waals surface area (Å²) in [5.41, 5.74) is 1.09. The highest BCUT2D eigenvalue weighted by molar-refractivity contribution is 6.42. The zero-order valence-corrected chi connectivity index (χ0v) is 12.7. The molecule has 0 unspecified atom stereocenters. The Labute approximate surface area is 128 Å². The van der Waals surface area contributed by atoms with Crippen molar-refractivity contribution in [3.63, 3.8) is 0 Å². The van der Waals surface area contributed by atoms with Crippen LogP contribution in [0.5, 0.6) is 0 Å². The van der Waals surface area contributed by atoms with Crippen molar-refractivity contribution in [1.82, 2.24) is 4.90 Å². The molecule has 1 aromatic rings. The molecule has 0 saturated carbocycles. The van der Waals surface area contributed by atoms with E-state index in [4.69, 9.17) is 28.3 Å². The van der Waals surface area contributed by atoms with Crippen molar-refractivity contribution in [3.8, 4) is 0 Å². The van der Waals surface area contributed by atoms with Gasteiger partial charge in [-0.3, -0.25) is 9.69 Å². The van der Waals surface area contributed by atoms with Gasteiger partial charge in [-0.25, -0.2) is 0 Å². The molecule has 6 heteroatoms. The highest BCUT2D eigenvalue weighted by Gasteiger charge is 2.17. The zero-order chi connectivity index (χ0) is 14.5. The van der Waals surface area contributed by atoms with Crippen molar-refractivity contribution < 1.29 is 9.90 Å². The molecular formula is C14H18Cl2N2O2. The van der Waals surface area contributed by atoms with E-state index in [1.807, 2.05) is 18.2 Å². The first-order valence-electron chi connectivity index (χ1n) is 6.70. The number of rotatable bonds is 5. The second-order valence-corrected chi connectivity index (χ2v) is 5.74. The van der Waals surface area contributed by atoms with Crippen LogP contribution in [0.25, 0.3) is 0 Å². The number of halogens is 2. The van der Waals surface area contributed by atoms with Crippen molar-refractivity contribution in [3.05, 3.63) is 28.2 Å². The van der Waals surface area contributed by atoms with Gasteiger partial charge in [0.05, 0.1) is 10.0 Å². The maximum atomic E-state index is 10.5. The summed E-state index contributed by atoms with van der Waals surface area (Å²) in [6.07, 6.45) is 0.953. The van der Waals surface area contributed by atoms with Crippen LogP contribution in [0, 0.1) is 0 Å². The molecule has 0 aromatic heterocycles. The van der Waals surface area contributed by atoms with Crippen LogP contribution in [-0.2, 0) is 4.79 Å². The fraction of sp³-hybridized carbons (Fsp3) is 0.500. The minimum absolute atomic E-state index is 0.243. The first-order chi connectivity index (χ1) is 9.56. The number of hydrogen-bond donors (Lipinski definition) is 1. The number of benzene rings is 1. The monoisotopic (exact) mass is 316 g/mol. The molecule has 0 aliphatic carbocycles. The van der Waals surface area contributed by atoms with Crippen molar-refractivity contribution in [2.75, 3.05) is 37.6 Å². The molecule has 2 rings (SSSR count). The summed E-state index contributed by atoms with van der Waals surface area (Å²) in [6, 6.07) is 5.69. The van der Waals surface area contributed by atoms with Crippen LogP contribution in [0.2, 0.25) is 10.0 Å². The second-order valence-electron chi connectivity index (χ2n) is 4.92. The van der Waals surface area contributed by atoms with E-state index >= 15 is 0 Å². The second kappa shape index (κ2) is 7.16. The van der Waals surface area contributed by atoms with E-state index in [1.165, 1.54) is 0 Å². The molecule has 20 heavy (non-hydrogen) atoms. The van der Waals surface area contributed by atoms with Crippen molar-refractivity contribution in [1.29, 1.82) is 0 Å². The number of carboxylic acid groups (broad SMARTS) is 1. The third-order valence-corrected chi connectivity index (χ3v) is 4.24. The molecule has 4 nitrogen and oxygen atoms in total. The highest BCUT2D eigenvalue weighted by Crippen LogP contribution is 2.27. The van der Waals surface area contributed by atoms with Gasteiger partial charge in [-0.05, 0) is 31.2 Å². The molecular weight excluding hydrogens is 299 g/mol. The Morgan fingerprint density at radius 1 is 1.15 bits per heavy atom. The Balaban J connectivity index is 1.81. The van der Waals surface area contributed by atoms with E-state index in [0.29, 0.717) is 16.5 Å². The van der Waals surface area contributed by atoms with Crippen LogP contribution in [0.4, 0.5) is 5.69 Å². The van der Waals surface area contributed by atoms with Crippen LogP contribution >= 0.6 is 23.2 Å². The van der Waals surface area contributed by atoms with Gasteiger partial charge in [-0.15, -0.1) is 0 Å². The molecule has 1 aliphatic heterocycles. The lowest BCUT2D eigenvalue weighted by molar-refractivity contribution is -0.137. The van der Waals surface area contributed by atoms with Gasteiger partial charge in [0.15, 0.2) is 0 Å². The van der Waals surface area contributed by atoms with Gasteiger partial charge in [0.1, 0.15) is 0 Å². The van der Waals surface area contributed by atoms with E-state index in [2.05, 4.69) is 9.80 Å². The van der Waals surface area contributed by atoms with E-state index in [9.17, 15) is 4.79 Å². The van der Waals surface area contributed by atoms with Gasteiger partial charge in [0.2, 0.25) is 0 Å². The summed E-state index contributed by atoms with van der Waals surface area (Å²) in [5, 5.41) is 9.78. The number of carbonyl (C=O) groups is 1. The average molecular weight is 317 g/mol. The fourth-order valence-electron chi connectivity index (χ4n) is 2.37. The summed E-state index contributed by atoms with van der Waals surface area (Å²) in [4.78, 5) is 15.1. The minimum atomic E-state index is -0.723. The normalized spacial score (nSPS) is 16.4. The van der Waals surface area contributed by atoms with E-state index < -0.39 is 5.97 Å². The summed E-state index contributed by atoms with van der Waals surface area (Å²) >= 11 is 12.0. The maximum absolute atomic E-state index is 10.5.